The number of likely N-dealkylation sites (tertiary alicyclic amines) is 1. The molecule has 122 valence electrons. The Morgan fingerprint density at radius 2 is 1.87 bits per heavy atom. The van der Waals surface area contributed by atoms with Gasteiger partial charge in [0.25, 0.3) is 0 Å². The first-order valence-corrected chi connectivity index (χ1v) is 8.94. The van der Waals surface area contributed by atoms with E-state index in [1.54, 1.807) is 0 Å². The van der Waals surface area contributed by atoms with Gasteiger partial charge in [-0.15, -0.1) is 0 Å². The van der Waals surface area contributed by atoms with E-state index in [0.717, 1.165) is 31.5 Å². The average Bonchev–Trinajstić information content (AvgIpc) is 3.03. The largest absolute Gasteiger partial charge is 0.360 e. The second-order valence-electron chi connectivity index (χ2n) is 6.83. The molecule has 1 saturated heterocycles. The molecule has 2 nitrogen and oxygen atoms in total. The number of hydrogen-bond donors (Lipinski definition) is 0. The summed E-state index contributed by atoms with van der Waals surface area (Å²) in [7, 11) is 0. The van der Waals surface area contributed by atoms with Crippen molar-refractivity contribution in [1.29, 1.82) is 0 Å². The van der Waals surface area contributed by atoms with Crippen molar-refractivity contribution < 1.29 is 0 Å². The Morgan fingerprint density at radius 3 is 2.61 bits per heavy atom. The molecule has 2 aliphatic rings. The molecule has 1 aromatic rings. The third kappa shape index (κ3) is 3.74. The van der Waals surface area contributed by atoms with Crippen molar-refractivity contribution >= 4 is 11.4 Å². The van der Waals surface area contributed by atoms with E-state index >= 15 is 0 Å². The maximum absolute atomic E-state index is 5.01. The summed E-state index contributed by atoms with van der Waals surface area (Å²) in [6, 6.07) is 8.65. The molecule has 0 radical (unpaired) electrons. The van der Waals surface area contributed by atoms with Gasteiger partial charge in [-0.3, -0.25) is 0 Å². The van der Waals surface area contributed by atoms with E-state index in [0.29, 0.717) is 0 Å². The van der Waals surface area contributed by atoms with Crippen LogP contribution in [0.1, 0.15) is 56.6 Å². The third-order valence-corrected chi connectivity index (χ3v) is 5.03. The highest BCUT2D eigenvalue weighted by Crippen LogP contribution is 2.36. The Bertz CT molecular complexity index is 646. The first-order valence-electron chi connectivity index (χ1n) is 8.94. The van der Waals surface area contributed by atoms with Crippen LogP contribution in [0.4, 0.5) is 0 Å². The normalized spacial score (nSPS) is 19.4. The summed E-state index contributed by atoms with van der Waals surface area (Å²) in [5, 5.41) is 0. The molecule has 0 unspecified atom stereocenters. The van der Waals surface area contributed by atoms with E-state index in [9.17, 15) is 0 Å². The molecule has 1 heterocycles. The van der Waals surface area contributed by atoms with Gasteiger partial charge in [-0.1, -0.05) is 36.4 Å². The number of nitrogens with zero attached hydrogens (tertiary/aromatic N) is 2. The van der Waals surface area contributed by atoms with Gasteiger partial charge in [0.2, 0.25) is 0 Å². The second kappa shape index (κ2) is 7.16. The molecule has 0 atom stereocenters. The van der Waals surface area contributed by atoms with Crippen LogP contribution in [0.15, 0.2) is 47.1 Å². The highest BCUT2D eigenvalue weighted by molar-refractivity contribution is 5.83. The van der Waals surface area contributed by atoms with Crippen molar-refractivity contribution in [2.45, 2.75) is 52.4 Å². The molecule has 0 saturated carbocycles. The first-order chi connectivity index (χ1) is 11.1. The number of allylic oxidation sites excluding steroid dienone is 3. The maximum atomic E-state index is 5.01. The number of aliphatic imine (C=N–C) groups is 1. The van der Waals surface area contributed by atoms with Crippen molar-refractivity contribution in [1.82, 2.24) is 4.90 Å². The number of hydrogen-bond acceptors (Lipinski definition) is 1. The molecule has 1 aliphatic heterocycles. The summed E-state index contributed by atoms with van der Waals surface area (Å²) in [5.74, 6) is 1.19. The third-order valence-electron chi connectivity index (χ3n) is 5.03. The highest BCUT2D eigenvalue weighted by atomic mass is 15.2. The zero-order valence-corrected chi connectivity index (χ0v) is 14.6. The summed E-state index contributed by atoms with van der Waals surface area (Å²) in [6.07, 6.45) is 7.36. The predicted molar refractivity (Wildman–Crippen MR) is 99.6 cm³/mol. The predicted octanol–water partition coefficient (Wildman–Crippen LogP) is 5.35. The van der Waals surface area contributed by atoms with Crippen LogP contribution in [0.25, 0.3) is 5.57 Å². The summed E-state index contributed by atoms with van der Waals surface area (Å²) in [6.45, 7) is 11.0. The zero-order chi connectivity index (χ0) is 16.2. The Kier molecular flexibility index (Phi) is 5.00. The molecule has 0 N–H and O–H groups in total. The molecule has 2 heteroatoms. The highest BCUT2D eigenvalue weighted by Gasteiger charge is 2.19. The monoisotopic (exact) mass is 308 g/mol. The smallest absolute Gasteiger partial charge is 0.101 e. The van der Waals surface area contributed by atoms with Crippen molar-refractivity contribution in [3.63, 3.8) is 0 Å². The number of benzene rings is 1. The maximum Gasteiger partial charge on any atom is 0.101 e. The minimum Gasteiger partial charge on any atom is -0.360 e. The Morgan fingerprint density at radius 1 is 1.09 bits per heavy atom. The number of aryl methyl sites for hydroxylation is 1. The van der Waals surface area contributed by atoms with Gasteiger partial charge in [0, 0.05) is 18.8 Å². The average molecular weight is 308 g/mol. The van der Waals surface area contributed by atoms with Gasteiger partial charge in [-0.2, -0.15) is 0 Å². The van der Waals surface area contributed by atoms with Crippen molar-refractivity contribution in [3.05, 3.63) is 53.2 Å². The number of amidine groups is 1. The second-order valence-corrected chi connectivity index (χ2v) is 6.83. The van der Waals surface area contributed by atoms with Crippen LogP contribution in [-0.2, 0) is 0 Å². The van der Waals surface area contributed by atoms with Gasteiger partial charge >= 0.3 is 0 Å². The van der Waals surface area contributed by atoms with E-state index in [1.165, 1.54) is 53.9 Å². The van der Waals surface area contributed by atoms with Crippen LogP contribution >= 0.6 is 0 Å². The summed E-state index contributed by atoms with van der Waals surface area (Å²) >= 11 is 0. The van der Waals surface area contributed by atoms with Crippen molar-refractivity contribution in [3.8, 4) is 0 Å². The fraction of sp³-hybridized carbons (Fsp3) is 0.476. The summed E-state index contributed by atoms with van der Waals surface area (Å²) < 4.78 is 0. The lowest BCUT2D eigenvalue weighted by molar-refractivity contribution is 0.340. The Balaban J connectivity index is 1.84. The first kappa shape index (κ1) is 16.0. The molecule has 1 aliphatic carbocycles. The van der Waals surface area contributed by atoms with E-state index in [4.69, 9.17) is 4.99 Å². The summed E-state index contributed by atoms with van der Waals surface area (Å²) in [5.41, 5.74) is 6.32. The zero-order valence-electron chi connectivity index (χ0n) is 14.6. The standard InChI is InChI=1S/C21H28N2/c1-16-9-7-10-19(15-16)17(2)20-11-8-12-21(20)22-18(3)23-13-5-4-6-14-23/h7,9-10,15H,2,4-6,8,11-14H2,1,3H3/b22-18+. The molecule has 0 amide bonds. The molecule has 0 aromatic heterocycles. The van der Waals surface area contributed by atoms with Crippen molar-refractivity contribution in [2.24, 2.45) is 4.99 Å². The minimum atomic E-state index is 1.09. The quantitative estimate of drug-likeness (QED) is 0.543. The molecule has 0 bridgehead atoms. The van der Waals surface area contributed by atoms with E-state index in [-0.39, 0.29) is 0 Å². The van der Waals surface area contributed by atoms with E-state index in [1.807, 2.05) is 0 Å². The van der Waals surface area contributed by atoms with Gasteiger partial charge in [-0.05, 0) is 69.1 Å². The van der Waals surface area contributed by atoms with Crippen LogP contribution < -0.4 is 0 Å². The SMILES string of the molecule is C=C(C1=C(/N=C(\C)N2CCCCC2)CCC1)c1cccc(C)c1. The van der Waals surface area contributed by atoms with E-state index < -0.39 is 0 Å². The molecule has 3 rings (SSSR count). The fourth-order valence-corrected chi connectivity index (χ4v) is 3.67. The lowest BCUT2D eigenvalue weighted by Gasteiger charge is -2.28. The van der Waals surface area contributed by atoms with Crippen LogP contribution in [-0.4, -0.2) is 23.8 Å². The molecule has 1 aromatic carbocycles. The van der Waals surface area contributed by atoms with Gasteiger partial charge in [0.15, 0.2) is 0 Å². The van der Waals surface area contributed by atoms with E-state index in [2.05, 4.69) is 49.6 Å². The molecular formula is C21H28N2. The van der Waals surface area contributed by atoms with Crippen LogP contribution in [0.5, 0.6) is 0 Å². The molecule has 1 fully saturated rings. The van der Waals surface area contributed by atoms with Gasteiger partial charge in [0.05, 0.1) is 0 Å². The topological polar surface area (TPSA) is 15.6 Å². The van der Waals surface area contributed by atoms with Crippen LogP contribution in [0.2, 0.25) is 0 Å². The Hall–Kier alpha value is -1.83. The lowest BCUT2D eigenvalue weighted by atomic mass is 9.97. The molecule has 0 spiro atoms. The summed E-state index contributed by atoms with van der Waals surface area (Å²) in [4.78, 5) is 7.46. The molecule has 23 heavy (non-hydrogen) atoms. The lowest BCUT2D eigenvalue weighted by Crippen LogP contribution is -2.34. The molecular weight excluding hydrogens is 280 g/mol. The number of rotatable bonds is 3. The van der Waals surface area contributed by atoms with Crippen LogP contribution in [0.3, 0.4) is 0 Å². The van der Waals surface area contributed by atoms with Gasteiger partial charge in [-0.25, -0.2) is 4.99 Å². The fourth-order valence-electron chi connectivity index (χ4n) is 3.67. The van der Waals surface area contributed by atoms with Crippen LogP contribution in [0, 0.1) is 6.92 Å². The number of piperidine rings is 1. The Labute approximate surface area is 140 Å². The van der Waals surface area contributed by atoms with Gasteiger partial charge in [0.1, 0.15) is 5.84 Å². The van der Waals surface area contributed by atoms with Crippen molar-refractivity contribution in [2.75, 3.05) is 13.1 Å². The minimum absolute atomic E-state index is 1.09. The van der Waals surface area contributed by atoms with Gasteiger partial charge < -0.3 is 4.90 Å².